The van der Waals surface area contributed by atoms with E-state index in [2.05, 4.69) is 61.6 Å². The summed E-state index contributed by atoms with van der Waals surface area (Å²) in [6.07, 6.45) is 2.35. The predicted octanol–water partition coefficient (Wildman–Crippen LogP) is 4.31. The number of benzene rings is 2. The third-order valence-corrected chi connectivity index (χ3v) is 4.78. The molecule has 112 valence electrons. The van der Waals surface area contributed by atoms with E-state index in [4.69, 9.17) is 4.74 Å². The van der Waals surface area contributed by atoms with E-state index in [1.807, 2.05) is 0 Å². The molecular weight excluding hydrogens is 258 g/mol. The highest BCUT2D eigenvalue weighted by Gasteiger charge is 2.22. The molecule has 2 aromatic rings. The molecule has 2 unspecified atom stereocenters. The van der Waals surface area contributed by atoms with Gasteiger partial charge in [-0.15, -0.1) is 0 Å². The van der Waals surface area contributed by atoms with Gasteiger partial charge in [-0.2, -0.15) is 0 Å². The highest BCUT2D eigenvalue weighted by molar-refractivity contribution is 5.86. The summed E-state index contributed by atoms with van der Waals surface area (Å²) in [6, 6.07) is 16.1. The van der Waals surface area contributed by atoms with Crippen molar-refractivity contribution in [1.82, 2.24) is 5.32 Å². The first-order valence-electron chi connectivity index (χ1n) is 8.07. The fraction of sp³-hybridized carbons (Fsp3) is 0.474. The van der Waals surface area contributed by atoms with Crippen LogP contribution in [0.2, 0.25) is 0 Å². The van der Waals surface area contributed by atoms with E-state index in [9.17, 15) is 0 Å². The number of ether oxygens (including phenoxy) is 1. The zero-order valence-corrected chi connectivity index (χ0v) is 13.0. The van der Waals surface area contributed by atoms with Gasteiger partial charge < -0.3 is 10.1 Å². The van der Waals surface area contributed by atoms with Gasteiger partial charge >= 0.3 is 0 Å². The molecule has 0 aromatic heterocycles. The van der Waals surface area contributed by atoms with Gasteiger partial charge in [-0.05, 0) is 48.9 Å². The Hall–Kier alpha value is -1.38. The van der Waals surface area contributed by atoms with Crippen molar-refractivity contribution in [1.29, 1.82) is 0 Å². The first kappa shape index (κ1) is 14.6. The molecule has 0 aliphatic carbocycles. The Kier molecular flexibility index (Phi) is 4.57. The van der Waals surface area contributed by atoms with Crippen LogP contribution in [-0.4, -0.2) is 19.3 Å². The van der Waals surface area contributed by atoms with Crippen molar-refractivity contribution in [3.05, 3.63) is 48.0 Å². The molecule has 1 aliphatic heterocycles. The van der Waals surface area contributed by atoms with E-state index in [-0.39, 0.29) is 0 Å². The second-order valence-corrected chi connectivity index (χ2v) is 6.20. The van der Waals surface area contributed by atoms with Gasteiger partial charge in [0.2, 0.25) is 0 Å². The number of hydrogen-bond acceptors (Lipinski definition) is 2. The topological polar surface area (TPSA) is 21.3 Å². The van der Waals surface area contributed by atoms with Crippen LogP contribution in [0.3, 0.4) is 0 Å². The maximum absolute atomic E-state index is 5.47. The lowest BCUT2D eigenvalue weighted by molar-refractivity contribution is 0.0547. The Balaban J connectivity index is 1.75. The first-order valence-corrected chi connectivity index (χ1v) is 8.07. The maximum Gasteiger partial charge on any atom is 0.0469 e. The molecule has 0 saturated carbocycles. The SMILES string of the molecule is CC(NC(C)C1CCOCC1)c1cccc2ccccc12. The molecule has 2 atom stereocenters. The average Bonchev–Trinajstić information content (AvgIpc) is 2.55. The van der Waals surface area contributed by atoms with Gasteiger partial charge in [-0.1, -0.05) is 42.5 Å². The summed E-state index contributed by atoms with van der Waals surface area (Å²) in [6.45, 7) is 6.42. The molecule has 21 heavy (non-hydrogen) atoms. The normalized spacial score (nSPS) is 19.5. The molecule has 1 heterocycles. The highest BCUT2D eigenvalue weighted by Crippen LogP contribution is 2.26. The monoisotopic (exact) mass is 283 g/mol. The Morgan fingerprint density at radius 1 is 1.00 bits per heavy atom. The standard InChI is InChI=1S/C19H25NO/c1-14(16-10-12-21-13-11-16)20-15(2)18-9-5-7-17-6-3-4-8-19(17)18/h3-9,14-16,20H,10-13H2,1-2H3. The van der Waals surface area contributed by atoms with Gasteiger partial charge in [-0.25, -0.2) is 0 Å². The smallest absolute Gasteiger partial charge is 0.0469 e. The van der Waals surface area contributed by atoms with Crippen LogP contribution in [0.5, 0.6) is 0 Å². The van der Waals surface area contributed by atoms with E-state index >= 15 is 0 Å². The minimum absolute atomic E-state index is 0.369. The fourth-order valence-corrected chi connectivity index (χ4v) is 3.46. The second kappa shape index (κ2) is 6.59. The lowest BCUT2D eigenvalue weighted by atomic mass is 9.91. The quantitative estimate of drug-likeness (QED) is 0.903. The van der Waals surface area contributed by atoms with Crippen LogP contribution >= 0.6 is 0 Å². The molecule has 1 aliphatic rings. The molecule has 1 fully saturated rings. The van der Waals surface area contributed by atoms with Crippen molar-refractivity contribution in [2.24, 2.45) is 5.92 Å². The van der Waals surface area contributed by atoms with Crippen molar-refractivity contribution in [3.63, 3.8) is 0 Å². The summed E-state index contributed by atoms with van der Waals surface area (Å²) in [4.78, 5) is 0. The molecule has 0 amide bonds. The maximum atomic E-state index is 5.47. The molecule has 2 nitrogen and oxygen atoms in total. The lowest BCUT2D eigenvalue weighted by Gasteiger charge is -2.31. The third kappa shape index (κ3) is 3.28. The van der Waals surface area contributed by atoms with Crippen LogP contribution in [0.15, 0.2) is 42.5 Å². The van der Waals surface area contributed by atoms with E-state index in [0.717, 1.165) is 19.1 Å². The minimum Gasteiger partial charge on any atom is -0.381 e. The van der Waals surface area contributed by atoms with Crippen molar-refractivity contribution in [2.75, 3.05) is 13.2 Å². The molecule has 0 radical (unpaired) electrons. The Morgan fingerprint density at radius 2 is 1.71 bits per heavy atom. The van der Waals surface area contributed by atoms with Crippen LogP contribution in [0.1, 0.15) is 38.3 Å². The Morgan fingerprint density at radius 3 is 2.52 bits per heavy atom. The zero-order valence-electron chi connectivity index (χ0n) is 13.0. The molecule has 0 bridgehead atoms. The van der Waals surface area contributed by atoms with Crippen molar-refractivity contribution in [3.8, 4) is 0 Å². The first-order chi connectivity index (χ1) is 10.3. The number of fused-ring (bicyclic) bond motifs is 1. The third-order valence-electron chi connectivity index (χ3n) is 4.78. The predicted molar refractivity (Wildman–Crippen MR) is 88.5 cm³/mol. The second-order valence-electron chi connectivity index (χ2n) is 6.20. The van der Waals surface area contributed by atoms with E-state index in [0.29, 0.717) is 12.1 Å². The largest absolute Gasteiger partial charge is 0.381 e. The molecule has 3 rings (SSSR count). The van der Waals surface area contributed by atoms with Crippen LogP contribution in [-0.2, 0) is 4.74 Å². The summed E-state index contributed by atoms with van der Waals surface area (Å²) >= 11 is 0. The van der Waals surface area contributed by atoms with E-state index in [1.54, 1.807) is 0 Å². The van der Waals surface area contributed by atoms with Crippen molar-refractivity contribution in [2.45, 2.75) is 38.8 Å². The van der Waals surface area contributed by atoms with Gasteiger partial charge in [-0.3, -0.25) is 0 Å². The van der Waals surface area contributed by atoms with Gasteiger partial charge in [0.25, 0.3) is 0 Å². The van der Waals surface area contributed by atoms with E-state index < -0.39 is 0 Å². The van der Waals surface area contributed by atoms with Crippen LogP contribution in [0.25, 0.3) is 10.8 Å². The number of hydrogen-bond donors (Lipinski definition) is 1. The van der Waals surface area contributed by atoms with Gasteiger partial charge in [0, 0.05) is 25.3 Å². The molecule has 2 aromatic carbocycles. The van der Waals surface area contributed by atoms with Crippen LogP contribution in [0, 0.1) is 5.92 Å². The number of nitrogens with one attached hydrogen (secondary N) is 1. The lowest BCUT2D eigenvalue weighted by Crippen LogP contribution is -2.38. The summed E-state index contributed by atoms with van der Waals surface area (Å²) in [5.74, 6) is 0.733. The fourth-order valence-electron chi connectivity index (χ4n) is 3.46. The summed E-state index contributed by atoms with van der Waals surface area (Å²) in [7, 11) is 0. The van der Waals surface area contributed by atoms with Gasteiger partial charge in [0.05, 0.1) is 0 Å². The summed E-state index contributed by atoms with van der Waals surface area (Å²) in [5, 5.41) is 6.48. The van der Waals surface area contributed by atoms with Crippen LogP contribution in [0.4, 0.5) is 0 Å². The Bertz CT molecular complexity index is 584. The zero-order chi connectivity index (χ0) is 14.7. The summed E-state index contributed by atoms with van der Waals surface area (Å²) in [5.41, 5.74) is 1.40. The highest BCUT2D eigenvalue weighted by atomic mass is 16.5. The van der Waals surface area contributed by atoms with E-state index in [1.165, 1.54) is 29.2 Å². The summed E-state index contributed by atoms with van der Waals surface area (Å²) < 4.78 is 5.47. The van der Waals surface area contributed by atoms with Crippen molar-refractivity contribution >= 4 is 10.8 Å². The molecule has 1 saturated heterocycles. The molecule has 2 heteroatoms. The number of rotatable bonds is 4. The van der Waals surface area contributed by atoms with Gasteiger partial charge in [0.1, 0.15) is 0 Å². The van der Waals surface area contributed by atoms with Gasteiger partial charge in [0.15, 0.2) is 0 Å². The average molecular weight is 283 g/mol. The molecular formula is C19H25NO. The molecule has 1 N–H and O–H groups in total. The minimum atomic E-state index is 0.369. The van der Waals surface area contributed by atoms with Crippen molar-refractivity contribution < 1.29 is 4.74 Å². The Labute approximate surface area is 127 Å². The van der Waals surface area contributed by atoms with Crippen LogP contribution < -0.4 is 5.32 Å². The molecule has 0 spiro atoms.